The number of rotatable bonds is 6. The summed E-state index contributed by atoms with van der Waals surface area (Å²) in [5.74, 6) is 4.04. The van der Waals surface area contributed by atoms with E-state index in [1.165, 1.54) is 25.7 Å². The molecule has 1 aromatic rings. The minimum Gasteiger partial charge on any atom is -0.383 e. The van der Waals surface area contributed by atoms with Gasteiger partial charge in [0.05, 0.1) is 6.61 Å². The molecule has 2 aliphatic rings. The van der Waals surface area contributed by atoms with E-state index in [9.17, 15) is 0 Å². The summed E-state index contributed by atoms with van der Waals surface area (Å²) in [5.41, 5.74) is 0. The number of nitrogens with zero attached hydrogens (tertiary/aromatic N) is 4. The van der Waals surface area contributed by atoms with Gasteiger partial charge in [-0.15, -0.1) is 0 Å². The van der Waals surface area contributed by atoms with Crippen molar-refractivity contribution in [1.82, 2.24) is 15.3 Å². The van der Waals surface area contributed by atoms with E-state index in [0.29, 0.717) is 30.1 Å². The molecule has 0 amide bonds. The first-order valence-electron chi connectivity index (χ1n) is 10.5. The van der Waals surface area contributed by atoms with Crippen LogP contribution in [0.25, 0.3) is 0 Å². The highest BCUT2D eigenvalue weighted by Gasteiger charge is 2.22. The van der Waals surface area contributed by atoms with Crippen LogP contribution in [-0.4, -0.2) is 61.5 Å². The molecule has 0 unspecified atom stereocenters. The van der Waals surface area contributed by atoms with Crippen LogP contribution in [0.15, 0.2) is 6.07 Å². The molecule has 3 rings (SSSR count). The number of hydrogen-bond donors (Lipinski definition) is 2. The van der Waals surface area contributed by atoms with Gasteiger partial charge in [0.1, 0.15) is 11.6 Å². The molecule has 156 valence electrons. The fourth-order valence-electron chi connectivity index (χ4n) is 3.85. The Hall–Kier alpha value is -1.67. The summed E-state index contributed by atoms with van der Waals surface area (Å²) in [6.45, 7) is 10.1. The maximum atomic E-state index is 5.40. The number of piperidine rings is 2. The molecule has 0 saturated carbocycles. The van der Waals surface area contributed by atoms with Crippen LogP contribution in [0.1, 0.15) is 39.5 Å². The van der Waals surface area contributed by atoms with Gasteiger partial charge in [0.15, 0.2) is 5.11 Å². The molecule has 3 heterocycles. The lowest BCUT2D eigenvalue weighted by Gasteiger charge is -2.34. The lowest BCUT2D eigenvalue weighted by Crippen LogP contribution is -2.37. The Morgan fingerprint density at radius 1 is 1.11 bits per heavy atom. The van der Waals surface area contributed by atoms with Gasteiger partial charge in [0.2, 0.25) is 5.95 Å². The van der Waals surface area contributed by atoms with Gasteiger partial charge in [-0.2, -0.15) is 9.97 Å². The third-order valence-electron chi connectivity index (χ3n) is 5.60. The van der Waals surface area contributed by atoms with Crippen LogP contribution in [0.2, 0.25) is 0 Å². The fraction of sp³-hybridized carbons (Fsp3) is 0.750. The molecular weight excluding hydrogens is 372 g/mol. The lowest BCUT2D eigenvalue weighted by atomic mass is 9.99. The van der Waals surface area contributed by atoms with Gasteiger partial charge >= 0.3 is 0 Å². The average molecular weight is 407 g/mol. The van der Waals surface area contributed by atoms with E-state index in [1.54, 1.807) is 7.11 Å². The van der Waals surface area contributed by atoms with Crippen molar-refractivity contribution in [2.75, 3.05) is 61.6 Å². The third-order valence-corrected chi connectivity index (χ3v) is 5.85. The Balaban J connectivity index is 1.78. The predicted molar refractivity (Wildman–Crippen MR) is 119 cm³/mol. The zero-order valence-corrected chi connectivity index (χ0v) is 18.2. The summed E-state index contributed by atoms with van der Waals surface area (Å²) in [6, 6.07) is 2.15. The van der Waals surface area contributed by atoms with E-state index in [0.717, 1.165) is 43.7 Å². The van der Waals surface area contributed by atoms with Crippen molar-refractivity contribution in [1.29, 1.82) is 0 Å². The normalized spacial score (nSPS) is 20.9. The topological polar surface area (TPSA) is 65.6 Å². The second-order valence-electron chi connectivity index (χ2n) is 8.14. The maximum absolute atomic E-state index is 5.40. The van der Waals surface area contributed by atoms with Crippen LogP contribution in [0, 0.1) is 11.8 Å². The Kier molecular flexibility index (Phi) is 7.67. The fourth-order valence-corrected chi connectivity index (χ4v) is 4.04. The van der Waals surface area contributed by atoms with Gasteiger partial charge in [0, 0.05) is 45.9 Å². The second-order valence-corrected chi connectivity index (χ2v) is 8.55. The SMILES string of the molecule is COCCNC(=S)Nc1nc(N2CCC(C)CC2)cc(N2CCC[C@@H](C)C2)n1. The number of nitrogens with one attached hydrogen (secondary N) is 2. The van der Waals surface area contributed by atoms with Gasteiger partial charge in [-0.3, -0.25) is 0 Å². The van der Waals surface area contributed by atoms with E-state index in [2.05, 4.69) is 40.3 Å². The summed E-state index contributed by atoms with van der Waals surface area (Å²) in [4.78, 5) is 14.3. The number of ether oxygens (including phenoxy) is 1. The molecule has 0 spiro atoms. The van der Waals surface area contributed by atoms with E-state index in [4.69, 9.17) is 26.9 Å². The summed E-state index contributed by atoms with van der Waals surface area (Å²) >= 11 is 5.40. The number of methoxy groups -OCH3 is 1. The Bertz CT molecular complexity index is 650. The minimum atomic E-state index is 0.527. The van der Waals surface area contributed by atoms with Crippen molar-refractivity contribution in [3.8, 4) is 0 Å². The Labute approximate surface area is 174 Å². The molecule has 0 radical (unpaired) electrons. The third kappa shape index (κ3) is 5.91. The van der Waals surface area contributed by atoms with E-state index in [1.807, 2.05) is 0 Å². The molecule has 0 bridgehead atoms. The summed E-state index contributed by atoms with van der Waals surface area (Å²) in [6.07, 6.45) is 4.91. The highest BCUT2D eigenvalue weighted by molar-refractivity contribution is 7.80. The van der Waals surface area contributed by atoms with Gasteiger partial charge in [-0.05, 0) is 49.7 Å². The smallest absolute Gasteiger partial charge is 0.232 e. The molecule has 0 aromatic carbocycles. The van der Waals surface area contributed by atoms with Crippen LogP contribution in [0.5, 0.6) is 0 Å². The van der Waals surface area contributed by atoms with E-state index in [-0.39, 0.29) is 0 Å². The second kappa shape index (κ2) is 10.2. The van der Waals surface area contributed by atoms with Crippen molar-refractivity contribution < 1.29 is 4.74 Å². The molecular formula is C20H34N6OS. The molecule has 28 heavy (non-hydrogen) atoms. The molecule has 1 aromatic heterocycles. The number of hydrogen-bond acceptors (Lipinski definition) is 6. The molecule has 2 aliphatic heterocycles. The summed E-state index contributed by atoms with van der Waals surface area (Å²) in [5, 5.41) is 6.83. The molecule has 1 atom stereocenters. The minimum absolute atomic E-state index is 0.527. The largest absolute Gasteiger partial charge is 0.383 e. The quantitative estimate of drug-likeness (QED) is 0.552. The van der Waals surface area contributed by atoms with E-state index < -0.39 is 0 Å². The van der Waals surface area contributed by atoms with Gasteiger partial charge in [-0.1, -0.05) is 13.8 Å². The standard InChI is InChI=1S/C20H34N6OS/c1-15-6-10-25(11-7-15)17-13-18(26-9-4-5-16(2)14-26)23-19(22-17)24-20(28)21-8-12-27-3/h13,15-16H,4-12,14H2,1-3H3,(H2,21,22,23,24,28)/t16-/m1/s1. The number of thiocarbonyl (C=S) groups is 1. The van der Waals surface area contributed by atoms with Gasteiger partial charge in [0.25, 0.3) is 0 Å². The van der Waals surface area contributed by atoms with Crippen molar-refractivity contribution in [2.24, 2.45) is 11.8 Å². The van der Waals surface area contributed by atoms with Crippen LogP contribution < -0.4 is 20.4 Å². The first-order chi connectivity index (χ1) is 13.5. The van der Waals surface area contributed by atoms with Crippen molar-refractivity contribution in [3.05, 3.63) is 6.07 Å². The first-order valence-corrected chi connectivity index (χ1v) is 10.9. The lowest BCUT2D eigenvalue weighted by molar-refractivity contribution is 0.204. The van der Waals surface area contributed by atoms with Crippen molar-refractivity contribution >= 4 is 34.9 Å². The maximum Gasteiger partial charge on any atom is 0.232 e. The highest BCUT2D eigenvalue weighted by Crippen LogP contribution is 2.28. The van der Waals surface area contributed by atoms with E-state index >= 15 is 0 Å². The molecule has 2 N–H and O–H groups in total. The van der Waals surface area contributed by atoms with Crippen LogP contribution >= 0.6 is 12.2 Å². The molecule has 2 fully saturated rings. The number of anilines is 3. The average Bonchev–Trinajstić information content (AvgIpc) is 2.68. The highest BCUT2D eigenvalue weighted by atomic mass is 32.1. The monoisotopic (exact) mass is 406 g/mol. The summed E-state index contributed by atoms with van der Waals surface area (Å²) in [7, 11) is 1.68. The molecule has 2 saturated heterocycles. The zero-order chi connectivity index (χ0) is 19.9. The first kappa shape index (κ1) is 21.0. The predicted octanol–water partition coefficient (Wildman–Crippen LogP) is 2.88. The Morgan fingerprint density at radius 3 is 2.50 bits per heavy atom. The van der Waals surface area contributed by atoms with Gasteiger partial charge in [-0.25, -0.2) is 0 Å². The molecule has 7 nitrogen and oxygen atoms in total. The molecule has 0 aliphatic carbocycles. The Morgan fingerprint density at radius 2 is 1.82 bits per heavy atom. The van der Waals surface area contributed by atoms with Crippen LogP contribution in [-0.2, 0) is 4.74 Å². The number of aromatic nitrogens is 2. The van der Waals surface area contributed by atoms with Crippen LogP contribution in [0.3, 0.4) is 0 Å². The summed E-state index contributed by atoms with van der Waals surface area (Å²) < 4.78 is 5.06. The van der Waals surface area contributed by atoms with Crippen LogP contribution in [0.4, 0.5) is 17.6 Å². The molecule has 8 heteroatoms. The van der Waals surface area contributed by atoms with Crippen molar-refractivity contribution in [3.63, 3.8) is 0 Å². The van der Waals surface area contributed by atoms with Gasteiger partial charge < -0.3 is 25.2 Å². The van der Waals surface area contributed by atoms with Crippen molar-refractivity contribution in [2.45, 2.75) is 39.5 Å². The zero-order valence-electron chi connectivity index (χ0n) is 17.4.